The number of hydroxylamine groups is 1. The van der Waals surface area contributed by atoms with E-state index in [0.29, 0.717) is 6.54 Å². The number of hydrogen-bond donors (Lipinski definition) is 2. The standard InChI is InChI=1S/C6H11NO3/c1-6(2)4(5(8)9)3-7-10-6/h4,7H,3H2,1-2H3,(H,8,9)/t4-/m0/s1. The highest BCUT2D eigenvalue weighted by atomic mass is 16.7. The van der Waals surface area contributed by atoms with Crippen LogP contribution in [0.15, 0.2) is 0 Å². The predicted octanol–water partition coefficient (Wildman–Crippen LogP) is 0.000600. The van der Waals surface area contributed by atoms with Crippen LogP contribution in [0.4, 0.5) is 0 Å². The quantitative estimate of drug-likeness (QED) is 0.545. The molecular weight excluding hydrogens is 134 g/mol. The number of nitrogens with one attached hydrogen (secondary N) is 1. The Morgan fingerprint density at radius 1 is 1.80 bits per heavy atom. The molecule has 0 spiro atoms. The summed E-state index contributed by atoms with van der Waals surface area (Å²) in [6.07, 6.45) is 0. The van der Waals surface area contributed by atoms with Gasteiger partial charge in [0.2, 0.25) is 0 Å². The Kier molecular flexibility index (Phi) is 1.66. The first kappa shape index (κ1) is 7.50. The lowest BCUT2D eigenvalue weighted by Crippen LogP contribution is -2.34. The molecule has 0 aliphatic carbocycles. The fourth-order valence-electron chi connectivity index (χ4n) is 1.01. The minimum Gasteiger partial charge on any atom is -0.481 e. The van der Waals surface area contributed by atoms with E-state index in [2.05, 4.69) is 5.48 Å². The highest BCUT2D eigenvalue weighted by molar-refractivity contribution is 5.72. The van der Waals surface area contributed by atoms with Crippen LogP contribution in [0.1, 0.15) is 13.8 Å². The van der Waals surface area contributed by atoms with E-state index >= 15 is 0 Å². The second-order valence-corrected chi connectivity index (χ2v) is 2.94. The van der Waals surface area contributed by atoms with Gasteiger partial charge in [0.25, 0.3) is 0 Å². The first-order valence-corrected chi connectivity index (χ1v) is 3.18. The summed E-state index contributed by atoms with van der Waals surface area (Å²) in [5, 5.41) is 8.63. The molecule has 0 aromatic heterocycles. The molecule has 1 saturated heterocycles. The van der Waals surface area contributed by atoms with Crippen molar-refractivity contribution < 1.29 is 14.7 Å². The minimum atomic E-state index is -0.810. The molecule has 10 heavy (non-hydrogen) atoms. The Balaban J connectivity index is 2.68. The summed E-state index contributed by atoms with van der Waals surface area (Å²) in [7, 11) is 0. The summed E-state index contributed by atoms with van der Waals surface area (Å²) in [6, 6.07) is 0. The zero-order valence-electron chi connectivity index (χ0n) is 6.05. The number of rotatable bonds is 1. The third kappa shape index (κ3) is 1.12. The van der Waals surface area contributed by atoms with Crippen molar-refractivity contribution in [3.8, 4) is 0 Å². The molecule has 1 atom stereocenters. The molecule has 1 rings (SSSR count). The summed E-state index contributed by atoms with van der Waals surface area (Å²) in [5.74, 6) is -1.25. The molecule has 1 aliphatic heterocycles. The second kappa shape index (κ2) is 2.21. The topological polar surface area (TPSA) is 58.6 Å². The number of hydrogen-bond acceptors (Lipinski definition) is 3. The molecule has 2 N–H and O–H groups in total. The molecule has 0 bridgehead atoms. The Hall–Kier alpha value is -0.610. The molecular formula is C6H11NO3. The summed E-state index contributed by atoms with van der Waals surface area (Å²) in [4.78, 5) is 15.5. The number of carboxylic acid groups (broad SMARTS) is 1. The normalized spacial score (nSPS) is 30.4. The number of aliphatic carboxylic acids is 1. The molecule has 0 aromatic carbocycles. The van der Waals surface area contributed by atoms with Gasteiger partial charge in [-0.15, -0.1) is 0 Å². The molecule has 0 amide bonds. The molecule has 0 unspecified atom stereocenters. The van der Waals surface area contributed by atoms with Gasteiger partial charge in [-0.2, -0.15) is 0 Å². The SMILES string of the molecule is CC1(C)ONC[C@H]1C(=O)O. The van der Waals surface area contributed by atoms with Gasteiger partial charge in [-0.1, -0.05) is 0 Å². The zero-order chi connectivity index (χ0) is 7.78. The van der Waals surface area contributed by atoms with Crippen molar-refractivity contribution >= 4 is 5.97 Å². The summed E-state index contributed by atoms with van der Waals surface area (Å²) in [6.45, 7) is 3.90. The van der Waals surface area contributed by atoms with Crippen molar-refractivity contribution in [1.82, 2.24) is 5.48 Å². The van der Waals surface area contributed by atoms with Crippen LogP contribution in [-0.4, -0.2) is 23.2 Å². The van der Waals surface area contributed by atoms with Gasteiger partial charge >= 0.3 is 5.97 Å². The van der Waals surface area contributed by atoms with E-state index in [1.165, 1.54) is 0 Å². The molecule has 0 aromatic rings. The predicted molar refractivity (Wildman–Crippen MR) is 34.3 cm³/mol. The average molecular weight is 145 g/mol. The fourth-order valence-corrected chi connectivity index (χ4v) is 1.01. The van der Waals surface area contributed by atoms with Gasteiger partial charge in [-0.25, -0.2) is 5.48 Å². The molecule has 1 fully saturated rings. The third-order valence-electron chi connectivity index (χ3n) is 1.76. The molecule has 58 valence electrons. The van der Waals surface area contributed by atoms with E-state index in [9.17, 15) is 4.79 Å². The second-order valence-electron chi connectivity index (χ2n) is 2.94. The Bertz CT molecular complexity index is 155. The van der Waals surface area contributed by atoms with Crippen molar-refractivity contribution in [1.29, 1.82) is 0 Å². The van der Waals surface area contributed by atoms with Crippen LogP contribution in [0.5, 0.6) is 0 Å². The van der Waals surface area contributed by atoms with E-state index in [1.807, 2.05) is 0 Å². The van der Waals surface area contributed by atoms with Crippen molar-refractivity contribution in [2.75, 3.05) is 6.54 Å². The van der Waals surface area contributed by atoms with E-state index in [-0.39, 0.29) is 0 Å². The molecule has 1 aliphatic rings. The lowest BCUT2D eigenvalue weighted by Gasteiger charge is -2.19. The van der Waals surface area contributed by atoms with Crippen molar-refractivity contribution in [2.24, 2.45) is 5.92 Å². The Morgan fingerprint density at radius 2 is 2.40 bits per heavy atom. The van der Waals surface area contributed by atoms with Gasteiger partial charge < -0.3 is 5.11 Å². The molecule has 1 heterocycles. The average Bonchev–Trinajstić information content (AvgIpc) is 2.08. The number of carbonyl (C=O) groups is 1. The van der Waals surface area contributed by atoms with Crippen molar-refractivity contribution in [2.45, 2.75) is 19.4 Å². The van der Waals surface area contributed by atoms with Crippen molar-refractivity contribution in [3.63, 3.8) is 0 Å². The van der Waals surface area contributed by atoms with Crippen LogP contribution in [0.25, 0.3) is 0 Å². The van der Waals surface area contributed by atoms with Gasteiger partial charge in [0, 0.05) is 6.54 Å². The number of carboxylic acids is 1. The van der Waals surface area contributed by atoms with Gasteiger partial charge in [-0.05, 0) is 13.8 Å². The van der Waals surface area contributed by atoms with E-state index in [0.717, 1.165) is 0 Å². The maximum Gasteiger partial charge on any atom is 0.310 e. The van der Waals surface area contributed by atoms with Crippen LogP contribution in [0.2, 0.25) is 0 Å². The van der Waals surface area contributed by atoms with Crippen LogP contribution in [-0.2, 0) is 9.63 Å². The maximum atomic E-state index is 10.5. The summed E-state index contributed by atoms with van der Waals surface area (Å²) < 4.78 is 0. The Morgan fingerprint density at radius 3 is 2.60 bits per heavy atom. The van der Waals surface area contributed by atoms with E-state index in [1.54, 1.807) is 13.8 Å². The van der Waals surface area contributed by atoms with Crippen LogP contribution < -0.4 is 5.48 Å². The highest BCUT2D eigenvalue weighted by Crippen LogP contribution is 2.24. The van der Waals surface area contributed by atoms with Crippen molar-refractivity contribution in [3.05, 3.63) is 0 Å². The van der Waals surface area contributed by atoms with E-state index < -0.39 is 17.5 Å². The Labute approximate surface area is 59.1 Å². The van der Waals surface area contributed by atoms with Gasteiger partial charge in [-0.3, -0.25) is 9.63 Å². The first-order valence-electron chi connectivity index (χ1n) is 3.18. The van der Waals surface area contributed by atoms with Gasteiger partial charge in [0.15, 0.2) is 0 Å². The summed E-state index contributed by atoms with van der Waals surface area (Å²) in [5.41, 5.74) is 1.99. The largest absolute Gasteiger partial charge is 0.481 e. The fraction of sp³-hybridized carbons (Fsp3) is 0.833. The third-order valence-corrected chi connectivity index (χ3v) is 1.76. The minimum absolute atomic E-state index is 0.391. The van der Waals surface area contributed by atoms with E-state index in [4.69, 9.17) is 9.94 Å². The molecule has 0 radical (unpaired) electrons. The smallest absolute Gasteiger partial charge is 0.310 e. The van der Waals surface area contributed by atoms with Gasteiger partial charge in [0.05, 0.1) is 5.60 Å². The van der Waals surface area contributed by atoms with Crippen LogP contribution in [0, 0.1) is 5.92 Å². The zero-order valence-corrected chi connectivity index (χ0v) is 6.05. The molecule has 4 nitrogen and oxygen atoms in total. The van der Waals surface area contributed by atoms with Gasteiger partial charge in [0.1, 0.15) is 5.92 Å². The summed E-state index contributed by atoms with van der Waals surface area (Å²) >= 11 is 0. The molecule has 0 saturated carbocycles. The lowest BCUT2D eigenvalue weighted by molar-refractivity contribution is -0.147. The lowest BCUT2D eigenvalue weighted by atomic mass is 9.92. The van der Waals surface area contributed by atoms with Crippen LogP contribution in [0.3, 0.4) is 0 Å². The molecule has 4 heteroatoms. The highest BCUT2D eigenvalue weighted by Gasteiger charge is 2.41. The monoisotopic (exact) mass is 145 g/mol. The van der Waals surface area contributed by atoms with Crippen LogP contribution >= 0.6 is 0 Å². The maximum absolute atomic E-state index is 10.5. The first-order chi connectivity index (χ1) is 4.54.